The number of benzene rings is 2. The summed E-state index contributed by atoms with van der Waals surface area (Å²) in [7, 11) is 4.57. The van der Waals surface area contributed by atoms with Gasteiger partial charge in [-0.25, -0.2) is 4.98 Å². The third-order valence-corrected chi connectivity index (χ3v) is 5.94. The maximum Gasteiger partial charge on any atom is 0.309 e. The van der Waals surface area contributed by atoms with E-state index in [1.54, 1.807) is 21.1 Å². The highest BCUT2D eigenvalue weighted by atomic mass is 16.5. The Morgan fingerprint density at radius 2 is 1.47 bits per heavy atom. The highest BCUT2D eigenvalue weighted by Gasteiger charge is 2.29. The lowest BCUT2D eigenvalue weighted by Crippen LogP contribution is -2.28. The van der Waals surface area contributed by atoms with Crippen molar-refractivity contribution in [2.45, 2.75) is 32.3 Å². The number of esters is 1. The normalized spacial score (nSPS) is 12.5. The summed E-state index contributed by atoms with van der Waals surface area (Å²) in [5, 5.41) is 10.2. The van der Waals surface area contributed by atoms with Crippen molar-refractivity contribution >= 4 is 11.8 Å². The number of hydrogen-bond acceptors (Lipinski definition) is 8. The molecule has 3 rings (SSSR count). The molecule has 8 heteroatoms. The molecular weight excluding hydrogens is 462 g/mol. The van der Waals surface area contributed by atoms with Crippen LogP contribution < -0.4 is 14.2 Å². The Labute approximate surface area is 210 Å². The number of nitrogens with zero attached hydrogens (tertiary/aromatic N) is 1. The van der Waals surface area contributed by atoms with Gasteiger partial charge in [-0.3, -0.25) is 9.59 Å². The SMILES string of the molecule is COc1cccc(C(c2cccc(OC)c2)[C@H](C)OC(=O)[C@H](C)CC(=O)c2nccc(OC)c2O)c1. The van der Waals surface area contributed by atoms with Gasteiger partial charge in [0.1, 0.15) is 17.6 Å². The number of methoxy groups -OCH3 is 3. The molecule has 0 aliphatic carbocycles. The predicted molar refractivity (Wildman–Crippen MR) is 134 cm³/mol. The van der Waals surface area contributed by atoms with Gasteiger partial charge in [0.2, 0.25) is 0 Å². The molecule has 2 aromatic carbocycles. The van der Waals surface area contributed by atoms with Gasteiger partial charge in [-0.15, -0.1) is 0 Å². The Bertz CT molecular complexity index is 1160. The van der Waals surface area contributed by atoms with Crippen LogP contribution in [0.1, 0.15) is 47.8 Å². The van der Waals surface area contributed by atoms with Gasteiger partial charge in [-0.1, -0.05) is 31.2 Å². The molecule has 190 valence electrons. The third-order valence-electron chi connectivity index (χ3n) is 5.94. The third kappa shape index (κ3) is 6.13. The number of ether oxygens (including phenoxy) is 4. The molecule has 0 radical (unpaired) electrons. The van der Waals surface area contributed by atoms with Crippen LogP contribution >= 0.6 is 0 Å². The van der Waals surface area contributed by atoms with Crippen molar-refractivity contribution in [1.29, 1.82) is 0 Å². The molecule has 3 aromatic rings. The highest BCUT2D eigenvalue weighted by molar-refractivity contribution is 5.99. The fourth-order valence-electron chi connectivity index (χ4n) is 4.03. The molecule has 0 aliphatic rings. The lowest BCUT2D eigenvalue weighted by atomic mass is 9.86. The fourth-order valence-corrected chi connectivity index (χ4v) is 4.03. The van der Waals surface area contributed by atoms with Crippen LogP contribution in [-0.2, 0) is 9.53 Å². The van der Waals surface area contributed by atoms with Gasteiger partial charge in [0.25, 0.3) is 0 Å². The van der Waals surface area contributed by atoms with Crippen LogP contribution in [-0.4, -0.2) is 49.3 Å². The molecule has 36 heavy (non-hydrogen) atoms. The van der Waals surface area contributed by atoms with Crippen molar-refractivity contribution in [3.05, 3.63) is 77.6 Å². The van der Waals surface area contributed by atoms with Crippen molar-refractivity contribution in [1.82, 2.24) is 4.98 Å². The van der Waals surface area contributed by atoms with Crippen molar-refractivity contribution < 1.29 is 33.6 Å². The molecule has 2 atom stereocenters. The molecule has 0 bridgehead atoms. The average molecular weight is 494 g/mol. The summed E-state index contributed by atoms with van der Waals surface area (Å²) < 4.78 is 21.7. The van der Waals surface area contributed by atoms with E-state index in [-0.39, 0.29) is 29.5 Å². The van der Waals surface area contributed by atoms with Gasteiger partial charge in [-0.2, -0.15) is 0 Å². The molecule has 1 heterocycles. The van der Waals surface area contributed by atoms with Crippen LogP contribution in [0.5, 0.6) is 23.0 Å². The number of hydrogen-bond donors (Lipinski definition) is 1. The number of Topliss-reactive ketones (excluding diaryl/α,β-unsaturated/α-hetero) is 1. The van der Waals surface area contributed by atoms with E-state index in [0.717, 1.165) is 11.1 Å². The first-order chi connectivity index (χ1) is 17.3. The van der Waals surface area contributed by atoms with Crippen LogP contribution in [0.25, 0.3) is 0 Å². The van der Waals surface area contributed by atoms with Gasteiger partial charge in [0, 0.05) is 24.6 Å². The average Bonchev–Trinajstić information content (AvgIpc) is 2.89. The van der Waals surface area contributed by atoms with E-state index >= 15 is 0 Å². The molecular formula is C28H31NO7. The second-order valence-corrected chi connectivity index (χ2v) is 8.41. The molecule has 0 aliphatic heterocycles. The predicted octanol–water partition coefficient (Wildman–Crippen LogP) is 4.79. The Hall–Kier alpha value is -4.07. The Morgan fingerprint density at radius 1 is 0.889 bits per heavy atom. The standard InChI is InChI=1S/C28H31NO7/c1-17(14-23(30)26-27(31)24(35-5)12-13-29-26)28(32)36-18(2)25(19-8-6-10-21(15-19)33-3)20-9-7-11-22(16-20)34-4/h6-13,15-18,25,31H,14H2,1-5H3/t17-,18+/m1/s1. The number of aromatic hydroxyl groups is 1. The Kier molecular flexibility index (Phi) is 8.89. The second kappa shape index (κ2) is 12.1. The summed E-state index contributed by atoms with van der Waals surface area (Å²) in [5.74, 6) is -0.942. The summed E-state index contributed by atoms with van der Waals surface area (Å²) in [6.45, 7) is 3.42. The molecule has 0 fully saturated rings. The largest absolute Gasteiger partial charge is 0.503 e. The summed E-state index contributed by atoms with van der Waals surface area (Å²) in [6.07, 6.45) is 0.615. The number of carbonyl (C=O) groups is 2. The maximum atomic E-state index is 13.0. The summed E-state index contributed by atoms with van der Waals surface area (Å²) >= 11 is 0. The Balaban J connectivity index is 1.81. The van der Waals surface area contributed by atoms with E-state index in [2.05, 4.69) is 4.98 Å². The smallest absolute Gasteiger partial charge is 0.309 e. The molecule has 0 saturated carbocycles. The van der Waals surface area contributed by atoms with Crippen molar-refractivity contribution in [2.24, 2.45) is 5.92 Å². The lowest BCUT2D eigenvalue weighted by molar-refractivity contribution is -0.153. The number of carbonyl (C=O) groups excluding carboxylic acids is 2. The topological polar surface area (TPSA) is 104 Å². The summed E-state index contributed by atoms with van der Waals surface area (Å²) in [4.78, 5) is 29.7. The quantitative estimate of drug-likeness (QED) is 0.300. The first kappa shape index (κ1) is 26.5. The molecule has 8 nitrogen and oxygen atoms in total. The zero-order valence-electron chi connectivity index (χ0n) is 21.1. The van der Waals surface area contributed by atoms with Crippen molar-refractivity contribution in [2.75, 3.05) is 21.3 Å². The number of ketones is 1. The van der Waals surface area contributed by atoms with E-state index < -0.39 is 23.8 Å². The molecule has 0 spiro atoms. The minimum Gasteiger partial charge on any atom is -0.503 e. The van der Waals surface area contributed by atoms with Crippen molar-refractivity contribution in [3.8, 4) is 23.0 Å². The zero-order valence-corrected chi connectivity index (χ0v) is 21.1. The molecule has 0 amide bonds. The number of rotatable bonds is 11. The molecule has 0 saturated heterocycles. The van der Waals surface area contributed by atoms with Gasteiger partial charge in [-0.05, 0) is 42.3 Å². The fraction of sp³-hybridized carbons (Fsp3) is 0.321. The van der Waals surface area contributed by atoms with Gasteiger partial charge in [0.05, 0.1) is 27.2 Å². The molecule has 1 aromatic heterocycles. The van der Waals surface area contributed by atoms with Crippen LogP contribution in [0.4, 0.5) is 0 Å². The number of pyridine rings is 1. The van der Waals surface area contributed by atoms with E-state index in [1.165, 1.54) is 19.4 Å². The van der Waals surface area contributed by atoms with Gasteiger partial charge >= 0.3 is 5.97 Å². The minimum atomic E-state index is -0.761. The Morgan fingerprint density at radius 3 is 2.00 bits per heavy atom. The summed E-state index contributed by atoms with van der Waals surface area (Å²) in [5.41, 5.74) is 1.65. The number of aromatic nitrogens is 1. The lowest BCUT2D eigenvalue weighted by Gasteiger charge is -2.27. The maximum absolute atomic E-state index is 13.0. The van der Waals surface area contributed by atoms with Crippen molar-refractivity contribution in [3.63, 3.8) is 0 Å². The van der Waals surface area contributed by atoms with E-state index in [9.17, 15) is 14.7 Å². The van der Waals surface area contributed by atoms with Gasteiger partial charge < -0.3 is 24.1 Å². The van der Waals surface area contributed by atoms with Crippen LogP contribution in [0, 0.1) is 5.92 Å². The first-order valence-corrected chi connectivity index (χ1v) is 11.5. The van der Waals surface area contributed by atoms with Crippen LogP contribution in [0.15, 0.2) is 60.8 Å². The van der Waals surface area contributed by atoms with Crippen LogP contribution in [0.3, 0.4) is 0 Å². The van der Waals surface area contributed by atoms with Gasteiger partial charge in [0.15, 0.2) is 23.0 Å². The molecule has 0 unspecified atom stereocenters. The summed E-state index contributed by atoms with van der Waals surface area (Å²) in [6, 6.07) is 16.6. The van der Waals surface area contributed by atoms with E-state index in [1.807, 2.05) is 55.5 Å². The van der Waals surface area contributed by atoms with E-state index in [0.29, 0.717) is 11.5 Å². The first-order valence-electron chi connectivity index (χ1n) is 11.5. The highest BCUT2D eigenvalue weighted by Crippen LogP contribution is 2.34. The minimum absolute atomic E-state index is 0.136. The zero-order chi connectivity index (χ0) is 26.2. The van der Waals surface area contributed by atoms with E-state index in [4.69, 9.17) is 18.9 Å². The monoisotopic (exact) mass is 493 g/mol. The second-order valence-electron chi connectivity index (χ2n) is 8.41. The van der Waals surface area contributed by atoms with Crippen LogP contribution in [0.2, 0.25) is 0 Å². The molecule has 1 N–H and O–H groups in total.